The molecule has 30 heavy (non-hydrogen) atoms. The Balaban J connectivity index is 1.34. The van der Waals surface area contributed by atoms with Gasteiger partial charge in [0.05, 0.1) is 16.5 Å². The van der Waals surface area contributed by atoms with Crippen molar-refractivity contribution in [2.45, 2.75) is 29.4 Å². The molecule has 2 aromatic carbocycles. The number of nitrogens with zero attached hydrogens (tertiary/aromatic N) is 3. The van der Waals surface area contributed by atoms with Crippen LogP contribution < -0.4 is 0 Å². The van der Waals surface area contributed by atoms with Gasteiger partial charge in [-0.25, -0.2) is 22.2 Å². The number of imidazole rings is 1. The van der Waals surface area contributed by atoms with Gasteiger partial charge in [0.15, 0.2) is 9.84 Å². The minimum atomic E-state index is -3.40. The molecule has 5 nitrogen and oxygen atoms in total. The second-order valence-corrected chi connectivity index (χ2v) is 9.76. The van der Waals surface area contributed by atoms with Crippen molar-refractivity contribution in [3.05, 3.63) is 78.4 Å². The van der Waals surface area contributed by atoms with Crippen LogP contribution in [0.25, 0.3) is 5.69 Å². The summed E-state index contributed by atoms with van der Waals surface area (Å²) in [6.07, 6.45) is 6.69. The highest BCUT2D eigenvalue weighted by Crippen LogP contribution is 2.25. The van der Waals surface area contributed by atoms with Crippen molar-refractivity contribution in [2.75, 3.05) is 19.6 Å². The minimum absolute atomic E-state index is 0.332. The Hall–Kier alpha value is -2.58. The maximum absolute atomic E-state index is 13.8. The normalized spacial score (nSPS) is 16.1. The predicted molar refractivity (Wildman–Crippen MR) is 110 cm³/mol. The smallest absolute Gasteiger partial charge is 0.181 e. The molecule has 2 heterocycles. The molecule has 1 fully saturated rings. The Morgan fingerprint density at radius 3 is 2.40 bits per heavy atom. The van der Waals surface area contributed by atoms with Crippen LogP contribution in [0.15, 0.2) is 66.1 Å². The second kappa shape index (κ2) is 8.65. The van der Waals surface area contributed by atoms with Crippen molar-refractivity contribution < 1.29 is 17.2 Å². The Bertz CT molecular complexity index is 1090. The van der Waals surface area contributed by atoms with Gasteiger partial charge in [-0.05, 0) is 68.2 Å². The van der Waals surface area contributed by atoms with E-state index < -0.39 is 26.7 Å². The third-order valence-corrected chi connectivity index (χ3v) is 7.93. The fourth-order valence-corrected chi connectivity index (χ4v) is 5.59. The van der Waals surface area contributed by atoms with Gasteiger partial charge in [-0.3, -0.25) is 0 Å². The molecule has 3 aromatic rings. The van der Waals surface area contributed by atoms with Crippen molar-refractivity contribution in [2.24, 2.45) is 0 Å². The first-order chi connectivity index (χ1) is 14.4. The zero-order valence-corrected chi connectivity index (χ0v) is 17.2. The average Bonchev–Trinajstić information content (AvgIpc) is 3.28. The van der Waals surface area contributed by atoms with Crippen LogP contribution in [0.5, 0.6) is 0 Å². The largest absolute Gasteiger partial charge is 0.306 e. The molecule has 1 aliphatic rings. The Kier molecular flexibility index (Phi) is 5.97. The zero-order chi connectivity index (χ0) is 21.1. The van der Waals surface area contributed by atoms with Gasteiger partial charge < -0.3 is 9.47 Å². The van der Waals surface area contributed by atoms with Crippen molar-refractivity contribution >= 4 is 9.84 Å². The maximum atomic E-state index is 13.8. The molecule has 0 saturated carbocycles. The van der Waals surface area contributed by atoms with Crippen molar-refractivity contribution in [1.29, 1.82) is 0 Å². The Labute approximate surface area is 174 Å². The van der Waals surface area contributed by atoms with Gasteiger partial charge in [-0.1, -0.05) is 6.07 Å². The van der Waals surface area contributed by atoms with Gasteiger partial charge in [0.1, 0.15) is 11.6 Å². The van der Waals surface area contributed by atoms with E-state index in [2.05, 4.69) is 9.88 Å². The first kappa shape index (κ1) is 20.7. The number of sulfone groups is 1. The highest BCUT2D eigenvalue weighted by atomic mass is 32.2. The first-order valence-electron chi connectivity index (χ1n) is 9.92. The van der Waals surface area contributed by atoms with Gasteiger partial charge in [0.25, 0.3) is 0 Å². The minimum Gasteiger partial charge on any atom is -0.306 e. The van der Waals surface area contributed by atoms with Crippen LogP contribution in [0.2, 0.25) is 0 Å². The molecule has 1 aliphatic heterocycles. The lowest BCUT2D eigenvalue weighted by atomic mass is 10.1. The lowest BCUT2D eigenvalue weighted by molar-refractivity contribution is 0.232. The van der Waals surface area contributed by atoms with Crippen LogP contribution in [0.4, 0.5) is 8.78 Å². The third kappa shape index (κ3) is 4.44. The Morgan fingerprint density at radius 1 is 1.03 bits per heavy atom. The molecule has 0 atom stereocenters. The van der Waals surface area contributed by atoms with Crippen LogP contribution in [0, 0.1) is 11.6 Å². The number of aromatic nitrogens is 2. The summed E-state index contributed by atoms with van der Waals surface area (Å²) in [5, 5.41) is -0.421. The number of halogens is 2. The molecule has 1 saturated heterocycles. The summed E-state index contributed by atoms with van der Waals surface area (Å²) in [4.78, 5) is 6.46. The van der Waals surface area contributed by atoms with Gasteiger partial charge in [-0.2, -0.15) is 0 Å². The highest BCUT2D eigenvalue weighted by Gasteiger charge is 2.31. The van der Waals surface area contributed by atoms with E-state index in [9.17, 15) is 17.2 Å². The fourth-order valence-electron chi connectivity index (χ4n) is 3.86. The summed E-state index contributed by atoms with van der Waals surface area (Å²) >= 11 is 0. The van der Waals surface area contributed by atoms with Crippen molar-refractivity contribution in [1.82, 2.24) is 14.5 Å². The van der Waals surface area contributed by atoms with Gasteiger partial charge in [0, 0.05) is 30.7 Å². The summed E-state index contributed by atoms with van der Waals surface area (Å²) in [5.74, 6) is -1.12. The SMILES string of the molecule is O=S(=O)(c1ccc(-n2ccnc2)cc1)C1CCN(CCc2ccc(F)cc2F)CC1. The number of hydrogen-bond acceptors (Lipinski definition) is 4. The number of benzene rings is 2. The summed E-state index contributed by atoms with van der Waals surface area (Å²) < 4.78 is 54.7. The number of rotatable bonds is 6. The number of hydrogen-bond donors (Lipinski definition) is 0. The fraction of sp³-hybridized carbons (Fsp3) is 0.318. The van der Waals surface area contributed by atoms with Crippen LogP contribution in [0.3, 0.4) is 0 Å². The second-order valence-electron chi connectivity index (χ2n) is 7.54. The molecular formula is C22H23F2N3O2S. The number of likely N-dealkylation sites (tertiary alicyclic amines) is 1. The molecule has 0 radical (unpaired) electrons. The zero-order valence-electron chi connectivity index (χ0n) is 16.4. The van der Waals surface area contributed by atoms with E-state index in [1.165, 1.54) is 12.1 Å². The molecule has 0 bridgehead atoms. The molecule has 4 rings (SSSR count). The molecule has 0 aliphatic carbocycles. The van der Waals surface area contributed by atoms with Crippen molar-refractivity contribution in [3.8, 4) is 5.69 Å². The quantitative estimate of drug-likeness (QED) is 0.598. The number of piperidine rings is 1. The summed E-state index contributed by atoms with van der Waals surface area (Å²) in [6.45, 7) is 1.90. The van der Waals surface area contributed by atoms with Crippen LogP contribution in [-0.2, 0) is 16.3 Å². The third-order valence-electron chi connectivity index (χ3n) is 5.65. The topological polar surface area (TPSA) is 55.2 Å². The van der Waals surface area contributed by atoms with E-state index in [4.69, 9.17) is 0 Å². The van der Waals surface area contributed by atoms with E-state index in [0.717, 1.165) is 11.8 Å². The van der Waals surface area contributed by atoms with E-state index in [-0.39, 0.29) is 0 Å². The van der Waals surface area contributed by atoms with E-state index in [1.54, 1.807) is 43.0 Å². The standard InChI is InChI=1S/C22H23F2N3O2S/c23-18-2-1-17(22(24)15-18)7-11-26-12-8-21(9-13-26)30(28,29)20-5-3-19(4-6-20)27-14-10-25-16-27/h1-6,10,14-16,21H,7-9,11-13H2. The van der Waals surface area contributed by atoms with Crippen LogP contribution in [0.1, 0.15) is 18.4 Å². The van der Waals surface area contributed by atoms with E-state index >= 15 is 0 Å². The molecule has 0 N–H and O–H groups in total. The Morgan fingerprint density at radius 2 is 1.77 bits per heavy atom. The molecule has 158 valence electrons. The van der Waals surface area contributed by atoms with E-state index in [0.29, 0.717) is 49.4 Å². The highest BCUT2D eigenvalue weighted by molar-refractivity contribution is 7.92. The lowest BCUT2D eigenvalue weighted by Gasteiger charge is -2.31. The average molecular weight is 432 g/mol. The summed E-state index contributed by atoms with van der Waals surface area (Å²) in [7, 11) is -3.40. The molecule has 0 spiro atoms. The van der Waals surface area contributed by atoms with Crippen molar-refractivity contribution in [3.63, 3.8) is 0 Å². The monoisotopic (exact) mass is 431 g/mol. The van der Waals surface area contributed by atoms with Crippen LogP contribution >= 0.6 is 0 Å². The summed E-state index contributed by atoms with van der Waals surface area (Å²) in [5.41, 5.74) is 1.33. The van der Waals surface area contributed by atoms with Gasteiger partial charge in [-0.15, -0.1) is 0 Å². The van der Waals surface area contributed by atoms with Crippen LogP contribution in [-0.4, -0.2) is 47.8 Å². The molecule has 1 aromatic heterocycles. The van der Waals surface area contributed by atoms with Gasteiger partial charge in [0.2, 0.25) is 0 Å². The predicted octanol–water partition coefficient (Wildman–Crippen LogP) is 3.63. The molecule has 0 unspecified atom stereocenters. The van der Waals surface area contributed by atoms with E-state index in [1.807, 2.05) is 4.57 Å². The lowest BCUT2D eigenvalue weighted by Crippen LogP contribution is -2.40. The molecular weight excluding hydrogens is 408 g/mol. The first-order valence-corrected chi connectivity index (χ1v) is 11.5. The molecule has 0 amide bonds. The van der Waals surface area contributed by atoms with Gasteiger partial charge >= 0.3 is 0 Å². The molecule has 8 heteroatoms. The summed E-state index contributed by atoms with van der Waals surface area (Å²) in [6, 6.07) is 10.5. The maximum Gasteiger partial charge on any atom is 0.181 e.